The van der Waals surface area contributed by atoms with Crippen LogP contribution in [0, 0.1) is 12.7 Å². The van der Waals surface area contributed by atoms with Crippen LogP contribution in [-0.4, -0.2) is 22.4 Å². The SMILES string of the molecule is CCN(C(=O)c1cnc(C)cn1)c1ccc(F)cc1. The molecule has 0 aliphatic carbocycles. The quantitative estimate of drug-likeness (QED) is 0.851. The Morgan fingerprint density at radius 1 is 1.21 bits per heavy atom. The molecule has 4 nitrogen and oxygen atoms in total. The maximum atomic E-state index is 12.9. The fourth-order valence-corrected chi connectivity index (χ4v) is 1.71. The van der Waals surface area contributed by atoms with Crippen LogP contribution in [0.4, 0.5) is 10.1 Å². The van der Waals surface area contributed by atoms with Crippen molar-refractivity contribution < 1.29 is 9.18 Å². The van der Waals surface area contributed by atoms with Gasteiger partial charge in [-0.3, -0.25) is 9.78 Å². The third-order valence-electron chi connectivity index (χ3n) is 2.70. The number of carbonyl (C=O) groups is 1. The lowest BCUT2D eigenvalue weighted by Gasteiger charge is -2.20. The summed E-state index contributed by atoms with van der Waals surface area (Å²) in [4.78, 5) is 21.9. The molecule has 1 heterocycles. The number of anilines is 1. The number of benzene rings is 1. The third kappa shape index (κ3) is 2.93. The van der Waals surface area contributed by atoms with Crippen molar-refractivity contribution in [1.29, 1.82) is 0 Å². The summed E-state index contributed by atoms with van der Waals surface area (Å²) >= 11 is 0. The largest absolute Gasteiger partial charge is 0.307 e. The molecule has 19 heavy (non-hydrogen) atoms. The van der Waals surface area contributed by atoms with Gasteiger partial charge in [-0.2, -0.15) is 0 Å². The number of rotatable bonds is 3. The van der Waals surface area contributed by atoms with Crippen LogP contribution in [-0.2, 0) is 0 Å². The topological polar surface area (TPSA) is 46.1 Å². The van der Waals surface area contributed by atoms with Crippen molar-refractivity contribution in [2.45, 2.75) is 13.8 Å². The molecule has 0 unspecified atom stereocenters. The number of nitrogens with zero attached hydrogens (tertiary/aromatic N) is 3. The summed E-state index contributed by atoms with van der Waals surface area (Å²) in [6.45, 7) is 4.13. The smallest absolute Gasteiger partial charge is 0.278 e. The van der Waals surface area contributed by atoms with Gasteiger partial charge in [-0.1, -0.05) is 0 Å². The standard InChI is InChI=1S/C14H14FN3O/c1-3-18(12-6-4-11(15)5-7-12)14(19)13-9-16-10(2)8-17-13/h4-9H,3H2,1-2H3. The van der Waals surface area contributed by atoms with Crippen molar-refractivity contribution in [3.63, 3.8) is 0 Å². The van der Waals surface area contributed by atoms with Gasteiger partial charge in [-0.25, -0.2) is 9.37 Å². The minimum absolute atomic E-state index is 0.249. The van der Waals surface area contributed by atoms with E-state index in [0.717, 1.165) is 5.69 Å². The molecule has 0 bridgehead atoms. The van der Waals surface area contributed by atoms with Crippen molar-refractivity contribution in [1.82, 2.24) is 9.97 Å². The summed E-state index contributed by atoms with van der Waals surface area (Å²) in [5.41, 5.74) is 1.66. The van der Waals surface area contributed by atoms with Crippen molar-refractivity contribution in [2.75, 3.05) is 11.4 Å². The van der Waals surface area contributed by atoms with Gasteiger partial charge in [0, 0.05) is 18.4 Å². The Balaban J connectivity index is 2.29. The first kappa shape index (κ1) is 13.1. The van der Waals surface area contributed by atoms with Gasteiger partial charge in [0.15, 0.2) is 0 Å². The Kier molecular flexibility index (Phi) is 3.85. The highest BCUT2D eigenvalue weighted by atomic mass is 19.1. The fraction of sp³-hybridized carbons (Fsp3) is 0.214. The van der Waals surface area contributed by atoms with Gasteiger partial charge in [0.2, 0.25) is 0 Å². The number of aromatic nitrogens is 2. The Bertz CT molecular complexity index is 566. The van der Waals surface area contributed by atoms with Crippen molar-refractivity contribution in [2.24, 2.45) is 0 Å². The first-order chi connectivity index (χ1) is 9.11. The van der Waals surface area contributed by atoms with Gasteiger partial charge < -0.3 is 4.90 Å². The van der Waals surface area contributed by atoms with Crippen molar-refractivity contribution in [3.05, 3.63) is 53.9 Å². The van der Waals surface area contributed by atoms with Crippen molar-refractivity contribution >= 4 is 11.6 Å². The van der Waals surface area contributed by atoms with Gasteiger partial charge in [0.25, 0.3) is 5.91 Å². The first-order valence-electron chi connectivity index (χ1n) is 5.98. The monoisotopic (exact) mass is 259 g/mol. The zero-order valence-corrected chi connectivity index (χ0v) is 10.8. The third-order valence-corrected chi connectivity index (χ3v) is 2.70. The fourth-order valence-electron chi connectivity index (χ4n) is 1.71. The lowest BCUT2D eigenvalue weighted by Crippen LogP contribution is -2.31. The summed E-state index contributed by atoms with van der Waals surface area (Å²) in [5, 5.41) is 0. The number of hydrogen-bond acceptors (Lipinski definition) is 3. The number of amides is 1. The van der Waals surface area contributed by atoms with E-state index in [0.29, 0.717) is 12.2 Å². The summed E-state index contributed by atoms with van der Waals surface area (Å²) in [7, 11) is 0. The molecule has 2 rings (SSSR count). The van der Waals surface area contributed by atoms with Crippen LogP contribution >= 0.6 is 0 Å². The molecule has 5 heteroatoms. The predicted octanol–water partition coefficient (Wildman–Crippen LogP) is 2.59. The van der Waals surface area contributed by atoms with Gasteiger partial charge in [-0.05, 0) is 38.1 Å². The van der Waals surface area contributed by atoms with Gasteiger partial charge >= 0.3 is 0 Å². The van der Waals surface area contributed by atoms with Crippen LogP contribution in [0.15, 0.2) is 36.7 Å². The molecule has 0 spiro atoms. The zero-order chi connectivity index (χ0) is 13.8. The molecule has 2 aromatic rings. The Hall–Kier alpha value is -2.30. The van der Waals surface area contributed by atoms with Crippen molar-refractivity contribution in [3.8, 4) is 0 Å². The highest BCUT2D eigenvalue weighted by Gasteiger charge is 2.17. The molecule has 0 atom stereocenters. The molecule has 0 N–H and O–H groups in total. The summed E-state index contributed by atoms with van der Waals surface area (Å²) in [6, 6.07) is 5.79. The van der Waals surface area contributed by atoms with E-state index in [2.05, 4.69) is 9.97 Å². The second-order valence-electron chi connectivity index (χ2n) is 4.07. The van der Waals surface area contributed by atoms with E-state index >= 15 is 0 Å². The van der Waals surface area contributed by atoms with E-state index in [1.807, 2.05) is 6.92 Å². The molecule has 0 saturated carbocycles. The van der Waals surface area contributed by atoms with Gasteiger partial charge in [0.05, 0.1) is 11.9 Å². The Morgan fingerprint density at radius 2 is 1.89 bits per heavy atom. The van der Waals surface area contributed by atoms with Crippen LogP contribution in [0.1, 0.15) is 23.1 Å². The van der Waals surface area contributed by atoms with E-state index in [9.17, 15) is 9.18 Å². The van der Waals surface area contributed by atoms with Gasteiger partial charge in [-0.15, -0.1) is 0 Å². The molecule has 0 saturated heterocycles. The molecular weight excluding hydrogens is 245 g/mol. The zero-order valence-electron chi connectivity index (χ0n) is 10.8. The Labute approximate surface area is 110 Å². The van der Waals surface area contributed by atoms with E-state index < -0.39 is 0 Å². The molecule has 98 valence electrons. The maximum Gasteiger partial charge on any atom is 0.278 e. The molecular formula is C14H14FN3O. The van der Waals surface area contributed by atoms with E-state index in [1.165, 1.54) is 23.2 Å². The minimum atomic E-state index is -0.331. The predicted molar refractivity (Wildman–Crippen MR) is 70.5 cm³/mol. The summed E-state index contributed by atoms with van der Waals surface area (Å²) in [5.74, 6) is -0.580. The maximum absolute atomic E-state index is 12.9. The average Bonchev–Trinajstić information content (AvgIpc) is 2.42. The van der Waals surface area contributed by atoms with Crippen LogP contribution in [0.2, 0.25) is 0 Å². The molecule has 1 aromatic carbocycles. The molecule has 0 aliphatic heterocycles. The van der Waals surface area contributed by atoms with E-state index in [-0.39, 0.29) is 17.4 Å². The lowest BCUT2D eigenvalue weighted by atomic mass is 10.2. The highest BCUT2D eigenvalue weighted by molar-refractivity contribution is 6.04. The number of aryl methyl sites for hydroxylation is 1. The Morgan fingerprint density at radius 3 is 2.42 bits per heavy atom. The molecule has 1 amide bonds. The van der Waals surface area contributed by atoms with Crippen LogP contribution in [0.25, 0.3) is 0 Å². The van der Waals surface area contributed by atoms with Gasteiger partial charge in [0.1, 0.15) is 11.5 Å². The highest BCUT2D eigenvalue weighted by Crippen LogP contribution is 2.16. The van der Waals surface area contributed by atoms with Crippen LogP contribution in [0.5, 0.6) is 0 Å². The average molecular weight is 259 g/mol. The minimum Gasteiger partial charge on any atom is -0.307 e. The summed E-state index contributed by atoms with van der Waals surface area (Å²) < 4.78 is 12.9. The first-order valence-corrected chi connectivity index (χ1v) is 5.98. The van der Waals surface area contributed by atoms with Crippen LogP contribution in [0.3, 0.4) is 0 Å². The van der Waals surface area contributed by atoms with E-state index in [4.69, 9.17) is 0 Å². The number of halogens is 1. The van der Waals surface area contributed by atoms with Crippen LogP contribution < -0.4 is 4.90 Å². The number of hydrogen-bond donors (Lipinski definition) is 0. The molecule has 1 aromatic heterocycles. The molecule has 0 radical (unpaired) electrons. The normalized spacial score (nSPS) is 10.3. The second-order valence-corrected chi connectivity index (χ2v) is 4.07. The molecule has 0 aliphatic rings. The summed E-state index contributed by atoms with van der Waals surface area (Å²) in [6.07, 6.45) is 3.00. The van der Waals surface area contributed by atoms with E-state index in [1.54, 1.807) is 25.3 Å². The molecule has 0 fully saturated rings. The second kappa shape index (κ2) is 5.56. The number of carbonyl (C=O) groups excluding carboxylic acids is 1. The lowest BCUT2D eigenvalue weighted by molar-refractivity contribution is 0.0983.